The number of benzene rings is 1. The van der Waals surface area contributed by atoms with Crippen LogP contribution in [-0.2, 0) is 11.2 Å². The van der Waals surface area contributed by atoms with Crippen molar-refractivity contribution in [1.29, 1.82) is 0 Å². The fourth-order valence-corrected chi connectivity index (χ4v) is 6.18. The zero-order valence-corrected chi connectivity index (χ0v) is 22.2. The molecule has 1 aromatic carbocycles. The molecule has 10 heteroatoms. The number of halogens is 1. The van der Waals surface area contributed by atoms with E-state index in [1.54, 1.807) is 23.2 Å². The lowest BCUT2D eigenvalue weighted by Crippen LogP contribution is -2.55. The van der Waals surface area contributed by atoms with E-state index >= 15 is 4.39 Å². The Morgan fingerprint density at radius 1 is 1.32 bits per heavy atom. The van der Waals surface area contributed by atoms with Crippen LogP contribution in [0.4, 0.5) is 4.39 Å². The minimum absolute atomic E-state index is 0.0548. The Labute approximate surface area is 222 Å². The number of alkyl halides is 1. The molecule has 9 nitrogen and oxygen atoms in total. The molecule has 1 aromatic heterocycles. The Hall–Kier alpha value is -2.79. The predicted molar refractivity (Wildman–Crippen MR) is 143 cm³/mol. The lowest BCUT2D eigenvalue weighted by molar-refractivity contribution is -0.137. The number of phenols is 1. The van der Waals surface area contributed by atoms with E-state index in [1.807, 2.05) is 19.1 Å². The van der Waals surface area contributed by atoms with Gasteiger partial charge in [-0.2, -0.15) is 0 Å². The average Bonchev–Trinajstić information content (AvgIpc) is 3.55. The van der Waals surface area contributed by atoms with Crippen molar-refractivity contribution >= 4 is 11.5 Å². The van der Waals surface area contributed by atoms with Gasteiger partial charge in [-0.05, 0) is 68.4 Å². The first-order chi connectivity index (χ1) is 18.1. The third-order valence-corrected chi connectivity index (χ3v) is 8.52. The quantitative estimate of drug-likeness (QED) is 0.340. The van der Waals surface area contributed by atoms with Crippen molar-refractivity contribution < 1.29 is 19.4 Å². The third kappa shape index (κ3) is 4.98. The van der Waals surface area contributed by atoms with Crippen LogP contribution in [0.2, 0.25) is 0 Å². The summed E-state index contributed by atoms with van der Waals surface area (Å²) < 4.78 is 15.9. The molecule has 5 unspecified atom stereocenters. The number of rotatable bonds is 6. The second-order valence-corrected chi connectivity index (χ2v) is 11.4. The zero-order chi connectivity index (χ0) is 27.2. The van der Waals surface area contributed by atoms with Crippen LogP contribution >= 0.6 is 0 Å². The molecule has 1 saturated heterocycles. The topological polar surface area (TPSA) is 140 Å². The first kappa shape index (κ1) is 26.8. The summed E-state index contributed by atoms with van der Waals surface area (Å²) in [5.41, 5.74) is 15.1. The first-order valence-electron chi connectivity index (χ1n) is 13.6. The van der Waals surface area contributed by atoms with Crippen LogP contribution in [0.15, 0.2) is 30.5 Å². The summed E-state index contributed by atoms with van der Waals surface area (Å²) in [4.78, 5) is 22.4. The lowest BCUT2D eigenvalue weighted by atomic mass is 9.71. The van der Waals surface area contributed by atoms with Crippen LogP contribution < -0.4 is 16.6 Å². The van der Waals surface area contributed by atoms with Crippen molar-refractivity contribution in [2.75, 3.05) is 13.1 Å². The van der Waals surface area contributed by atoms with Gasteiger partial charge in [0.05, 0.1) is 29.6 Å². The average molecular weight is 527 g/mol. The number of phenolic OH excluding ortho intramolecular Hbond substituents is 1. The number of aliphatic hydroxyl groups is 1. The molecule has 5 rings (SSSR count). The molecule has 2 fully saturated rings. The molecular weight excluding hydrogens is 487 g/mol. The number of nitrogens with one attached hydrogen (secondary N) is 3. The number of aromatic hydroxyl groups is 1. The standard InChI is InChI=1S/C28H39FN6O3/c1-4-15-13-17(36)5-6-18(15)19-7-8-20-23(22(19)29)33-34-24(20)26-31-14-21(32-26)16-9-11-35(12-10-16)27(37)25(30)28(2,3)38/h5-6,9,13-14,19-20,22-25,33-34,36,38H,4,7-8,10-12,30H2,1-3H3,(H,31,32)/t19?,20?,22?,23?,24?,25-/m1/s1. The van der Waals surface area contributed by atoms with Gasteiger partial charge in [-0.25, -0.2) is 14.8 Å². The minimum atomic E-state index is -1.28. The molecule has 0 bridgehead atoms. The SMILES string of the molecule is CCc1cc(O)ccc1C1CCC2C(c3ncc(C4=CCN(C(=O)[C@@H](N)C(C)(C)O)CC4)[nH]3)NNC2C1F. The van der Waals surface area contributed by atoms with E-state index in [-0.39, 0.29) is 35.6 Å². The van der Waals surface area contributed by atoms with Crippen molar-refractivity contribution in [3.8, 4) is 5.75 Å². The van der Waals surface area contributed by atoms with Crippen molar-refractivity contribution in [3.63, 3.8) is 0 Å². The molecule has 1 aliphatic carbocycles. The van der Waals surface area contributed by atoms with E-state index in [1.165, 1.54) is 13.8 Å². The number of H-pyrrole nitrogens is 1. The first-order valence-corrected chi connectivity index (χ1v) is 13.6. The fourth-order valence-electron chi connectivity index (χ4n) is 6.18. The smallest absolute Gasteiger partial charge is 0.242 e. The van der Waals surface area contributed by atoms with Crippen LogP contribution in [0.5, 0.6) is 5.75 Å². The van der Waals surface area contributed by atoms with Crippen LogP contribution in [-0.4, -0.2) is 67.9 Å². The van der Waals surface area contributed by atoms with Crippen molar-refractivity contribution in [3.05, 3.63) is 53.1 Å². The number of aromatic nitrogens is 2. The number of aromatic amines is 1. The highest BCUT2D eigenvalue weighted by molar-refractivity contribution is 5.84. The highest BCUT2D eigenvalue weighted by atomic mass is 19.1. The predicted octanol–water partition coefficient (Wildman–Crippen LogP) is 2.44. The number of nitrogens with zero attached hydrogens (tertiary/aromatic N) is 2. The van der Waals surface area contributed by atoms with E-state index in [9.17, 15) is 15.0 Å². The summed E-state index contributed by atoms with van der Waals surface area (Å²) in [6, 6.07) is 3.83. The molecule has 0 spiro atoms. The number of hydrazine groups is 1. The van der Waals surface area contributed by atoms with Crippen LogP contribution in [0.25, 0.3) is 5.57 Å². The molecule has 6 atom stereocenters. The Morgan fingerprint density at radius 2 is 2.11 bits per heavy atom. The Bertz CT molecular complexity index is 1210. The van der Waals surface area contributed by atoms with Crippen LogP contribution in [0, 0.1) is 5.92 Å². The molecule has 206 valence electrons. The van der Waals surface area contributed by atoms with Crippen LogP contribution in [0.1, 0.15) is 74.6 Å². The van der Waals surface area contributed by atoms with Crippen molar-refractivity contribution in [2.24, 2.45) is 11.7 Å². The largest absolute Gasteiger partial charge is 0.508 e. The molecule has 2 aliphatic heterocycles. The summed E-state index contributed by atoms with van der Waals surface area (Å²) in [5, 5.41) is 20.0. The Balaban J connectivity index is 1.25. The van der Waals surface area contributed by atoms with Crippen molar-refractivity contribution in [2.45, 2.75) is 82.3 Å². The Morgan fingerprint density at radius 3 is 2.79 bits per heavy atom. The fraction of sp³-hybridized carbons (Fsp3) is 0.571. The number of amides is 1. The number of imidazole rings is 1. The molecule has 38 heavy (non-hydrogen) atoms. The highest BCUT2D eigenvalue weighted by Crippen LogP contribution is 2.45. The minimum Gasteiger partial charge on any atom is -0.508 e. The number of aryl methyl sites for hydroxylation is 1. The van der Waals surface area contributed by atoms with Gasteiger partial charge >= 0.3 is 0 Å². The molecular formula is C28H39FN6O3. The van der Waals surface area contributed by atoms with E-state index in [0.717, 1.165) is 47.5 Å². The summed E-state index contributed by atoms with van der Waals surface area (Å²) in [7, 11) is 0. The third-order valence-electron chi connectivity index (χ3n) is 8.52. The maximum atomic E-state index is 15.9. The molecule has 0 radical (unpaired) electrons. The van der Waals surface area contributed by atoms with Gasteiger partial charge in [-0.3, -0.25) is 10.2 Å². The maximum Gasteiger partial charge on any atom is 0.242 e. The van der Waals surface area contributed by atoms with Gasteiger partial charge in [-0.1, -0.05) is 19.1 Å². The monoisotopic (exact) mass is 526 g/mol. The van der Waals surface area contributed by atoms with E-state index in [2.05, 4.69) is 20.8 Å². The van der Waals surface area contributed by atoms with Crippen LogP contribution in [0.3, 0.4) is 0 Å². The molecule has 2 aromatic rings. The van der Waals surface area contributed by atoms with E-state index < -0.39 is 17.8 Å². The van der Waals surface area contributed by atoms with Gasteiger partial charge in [0.15, 0.2) is 0 Å². The highest BCUT2D eigenvalue weighted by Gasteiger charge is 2.48. The van der Waals surface area contributed by atoms with E-state index in [0.29, 0.717) is 19.5 Å². The summed E-state index contributed by atoms with van der Waals surface area (Å²) in [6.45, 7) is 6.04. The number of carbonyl (C=O) groups is 1. The van der Waals surface area contributed by atoms with Gasteiger partial charge in [0.2, 0.25) is 5.91 Å². The molecule has 3 aliphatic rings. The summed E-state index contributed by atoms with van der Waals surface area (Å²) in [6.07, 6.45) is 5.71. The number of nitrogens with two attached hydrogens (primary N) is 1. The number of hydrogen-bond acceptors (Lipinski definition) is 7. The lowest BCUT2D eigenvalue weighted by Gasteiger charge is -2.36. The van der Waals surface area contributed by atoms with Gasteiger partial charge in [0, 0.05) is 24.9 Å². The molecule has 7 N–H and O–H groups in total. The number of hydrogen-bond donors (Lipinski definition) is 6. The van der Waals surface area contributed by atoms with Gasteiger partial charge < -0.3 is 25.8 Å². The van der Waals surface area contributed by atoms with Gasteiger partial charge in [0.1, 0.15) is 23.8 Å². The second kappa shape index (κ2) is 10.4. The second-order valence-electron chi connectivity index (χ2n) is 11.4. The molecule has 1 saturated carbocycles. The number of fused-ring (bicyclic) bond motifs is 1. The Kier molecular flexibility index (Phi) is 7.34. The summed E-state index contributed by atoms with van der Waals surface area (Å²) >= 11 is 0. The summed E-state index contributed by atoms with van der Waals surface area (Å²) in [5.74, 6) is 0.566. The van der Waals surface area contributed by atoms with E-state index in [4.69, 9.17) is 5.73 Å². The van der Waals surface area contributed by atoms with Gasteiger partial charge in [-0.15, -0.1) is 0 Å². The van der Waals surface area contributed by atoms with Crippen molar-refractivity contribution in [1.82, 2.24) is 25.7 Å². The molecule has 3 heterocycles. The van der Waals surface area contributed by atoms with Gasteiger partial charge in [0.25, 0.3) is 0 Å². The zero-order valence-electron chi connectivity index (χ0n) is 22.2. The molecule has 1 amide bonds. The normalized spacial score (nSPS) is 28.6. The maximum absolute atomic E-state index is 15.9. The number of carbonyl (C=O) groups excluding carboxylic acids is 1.